The Morgan fingerprint density at radius 1 is 1.27 bits per heavy atom. The largest absolute Gasteiger partial charge is 0.444 e. The van der Waals surface area contributed by atoms with Crippen molar-refractivity contribution >= 4 is 17.8 Å². The molecule has 1 N–H and O–H groups in total. The van der Waals surface area contributed by atoms with Crippen LogP contribution >= 0.6 is 0 Å². The molecule has 3 aliphatic rings. The third-order valence-corrected chi connectivity index (χ3v) is 6.79. The molecule has 3 atom stereocenters. The smallest absolute Gasteiger partial charge is 0.410 e. The lowest BCUT2D eigenvalue weighted by molar-refractivity contribution is -0.145. The van der Waals surface area contributed by atoms with Gasteiger partial charge in [-0.05, 0) is 57.8 Å². The van der Waals surface area contributed by atoms with Crippen molar-refractivity contribution in [1.29, 1.82) is 0 Å². The normalized spacial score (nSPS) is 32.8. The summed E-state index contributed by atoms with van der Waals surface area (Å²) in [5.41, 5.74) is -1.70. The van der Waals surface area contributed by atoms with E-state index in [4.69, 9.17) is 4.74 Å². The van der Waals surface area contributed by atoms with Gasteiger partial charge in [0.1, 0.15) is 16.8 Å². The van der Waals surface area contributed by atoms with E-state index in [1.165, 1.54) is 0 Å². The minimum Gasteiger partial charge on any atom is -0.444 e. The summed E-state index contributed by atoms with van der Waals surface area (Å²) >= 11 is 0. The Kier molecular flexibility index (Phi) is 4.60. The fourth-order valence-corrected chi connectivity index (χ4v) is 5.18. The predicted molar refractivity (Wildman–Crippen MR) is 97.5 cm³/mol. The highest BCUT2D eigenvalue weighted by atomic mass is 16.6. The fraction of sp³-hybridized carbons (Fsp3) is 0.850. The molecule has 1 aliphatic heterocycles. The number of hydrogen-bond acceptors (Lipinski definition) is 4. The van der Waals surface area contributed by atoms with Gasteiger partial charge in [0.05, 0.1) is 6.04 Å². The zero-order valence-corrected chi connectivity index (χ0v) is 16.7. The highest BCUT2D eigenvalue weighted by molar-refractivity contribution is 6.09. The number of amides is 2. The van der Waals surface area contributed by atoms with Gasteiger partial charge in [0.2, 0.25) is 5.91 Å². The Labute approximate surface area is 156 Å². The first-order valence-electron chi connectivity index (χ1n) is 9.80. The molecule has 2 saturated carbocycles. The van der Waals surface area contributed by atoms with Crippen LogP contribution in [0.4, 0.5) is 4.79 Å². The molecule has 0 aromatic heterocycles. The molecule has 0 spiro atoms. The summed E-state index contributed by atoms with van der Waals surface area (Å²) in [6.07, 6.45) is 3.53. The summed E-state index contributed by atoms with van der Waals surface area (Å²) in [4.78, 5) is 39.7. The quantitative estimate of drug-likeness (QED) is 0.781. The maximum absolute atomic E-state index is 13.0. The van der Waals surface area contributed by atoms with Crippen molar-refractivity contribution in [1.82, 2.24) is 10.2 Å². The predicted octanol–water partition coefficient (Wildman–Crippen LogP) is 2.90. The van der Waals surface area contributed by atoms with Crippen molar-refractivity contribution in [2.24, 2.45) is 16.7 Å². The Bertz CT molecular complexity index is 622. The highest BCUT2D eigenvalue weighted by Gasteiger charge is 2.68. The molecular formula is C20H32N2O4. The van der Waals surface area contributed by atoms with Gasteiger partial charge in [-0.3, -0.25) is 9.59 Å². The Morgan fingerprint density at radius 3 is 2.50 bits per heavy atom. The van der Waals surface area contributed by atoms with E-state index in [2.05, 4.69) is 19.2 Å². The number of ether oxygens (including phenoxy) is 1. The summed E-state index contributed by atoms with van der Waals surface area (Å²) in [5, 5.41) is 3.01. The van der Waals surface area contributed by atoms with Crippen molar-refractivity contribution in [3.8, 4) is 0 Å². The maximum Gasteiger partial charge on any atom is 0.410 e. The highest BCUT2D eigenvalue weighted by Crippen LogP contribution is 2.63. The van der Waals surface area contributed by atoms with Crippen LogP contribution in [0.2, 0.25) is 0 Å². The third-order valence-electron chi connectivity index (χ3n) is 6.79. The maximum atomic E-state index is 13.0. The van der Waals surface area contributed by atoms with Gasteiger partial charge in [-0.25, -0.2) is 4.79 Å². The first kappa shape index (κ1) is 19.2. The SMILES string of the molecule is CC(C)(C)OC(=O)N1CCC[C@H]1CNC(=O)[C@]12CCC(CC1=O)C2(C)C. The van der Waals surface area contributed by atoms with E-state index in [0.717, 1.165) is 19.3 Å². The lowest BCUT2D eigenvalue weighted by Crippen LogP contribution is -2.53. The second-order valence-electron chi connectivity index (χ2n) is 9.67. The van der Waals surface area contributed by atoms with Crippen LogP contribution in [-0.4, -0.2) is 47.4 Å². The van der Waals surface area contributed by atoms with Crippen LogP contribution in [0.5, 0.6) is 0 Å². The number of carbonyl (C=O) groups excluding carboxylic acids is 3. The van der Waals surface area contributed by atoms with E-state index in [1.54, 1.807) is 4.90 Å². The number of fused-ring (bicyclic) bond motifs is 2. The molecule has 1 unspecified atom stereocenters. The molecular weight excluding hydrogens is 332 g/mol. The van der Waals surface area contributed by atoms with Gasteiger partial charge in [0, 0.05) is 19.5 Å². The van der Waals surface area contributed by atoms with Gasteiger partial charge in [-0.15, -0.1) is 0 Å². The van der Waals surface area contributed by atoms with Crippen LogP contribution in [0.25, 0.3) is 0 Å². The second kappa shape index (κ2) is 6.24. The number of carbonyl (C=O) groups is 3. The molecule has 6 heteroatoms. The molecule has 2 amide bonds. The molecule has 0 aromatic rings. The molecule has 3 fully saturated rings. The van der Waals surface area contributed by atoms with Crippen molar-refractivity contribution in [3.05, 3.63) is 0 Å². The number of Topliss-reactive ketones (excluding diaryl/α,β-unsaturated/α-hetero) is 1. The number of hydrogen-bond donors (Lipinski definition) is 1. The zero-order valence-electron chi connectivity index (χ0n) is 16.7. The van der Waals surface area contributed by atoms with E-state index in [0.29, 0.717) is 31.8 Å². The third kappa shape index (κ3) is 2.91. The second-order valence-corrected chi connectivity index (χ2v) is 9.67. The molecule has 26 heavy (non-hydrogen) atoms. The van der Waals surface area contributed by atoms with Crippen LogP contribution < -0.4 is 5.32 Å². The van der Waals surface area contributed by atoms with Crippen LogP contribution in [0.15, 0.2) is 0 Å². The van der Waals surface area contributed by atoms with Gasteiger partial charge < -0.3 is 15.0 Å². The lowest BCUT2D eigenvalue weighted by atomic mass is 9.68. The van der Waals surface area contributed by atoms with Crippen molar-refractivity contribution in [2.45, 2.75) is 78.4 Å². The summed E-state index contributed by atoms with van der Waals surface area (Å²) in [6, 6.07) is -0.0676. The number of likely N-dealkylation sites (tertiary alicyclic amines) is 1. The van der Waals surface area contributed by atoms with Crippen LogP contribution in [0.1, 0.15) is 66.7 Å². The topological polar surface area (TPSA) is 75.7 Å². The van der Waals surface area contributed by atoms with Gasteiger partial charge in [-0.1, -0.05) is 13.8 Å². The minimum absolute atomic E-state index is 0.0676. The number of nitrogens with one attached hydrogen (secondary N) is 1. The number of ketones is 1. The van der Waals surface area contributed by atoms with Crippen molar-refractivity contribution < 1.29 is 19.1 Å². The molecule has 6 nitrogen and oxygen atoms in total. The summed E-state index contributed by atoms with van der Waals surface area (Å²) < 4.78 is 5.48. The van der Waals surface area contributed by atoms with Gasteiger partial charge >= 0.3 is 6.09 Å². The Balaban J connectivity index is 1.64. The Morgan fingerprint density at radius 2 is 1.96 bits per heavy atom. The summed E-state index contributed by atoms with van der Waals surface area (Å²) in [5.74, 6) is 0.251. The molecule has 3 rings (SSSR count). The minimum atomic E-state index is -0.882. The molecule has 0 aromatic carbocycles. The molecule has 0 radical (unpaired) electrons. The molecule has 146 valence electrons. The van der Waals surface area contributed by atoms with Crippen molar-refractivity contribution in [2.75, 3.05) is 13.1 Å². The standard InChI is InChI=1S/C20H32N2O4/c1-18(2,3)26-17(25)22-10-6-7-14(22)12-21-16(24)20-9-8-13(11-15(20)23)19(20,4)5/h13-14H,6-12H2,1-5H3,(H,21,24)/t13?,14-,20-/m0/s1. The summed E-state index contributed by atoms with van der Waals surface area (Å²) in [7, 11) is 0. The molecule has 2 bridgehead atoms. The Hall–Kier alpha value is -1.59. The average Bonchev–Trinajstić information content (AvgIpc) is 3.13. The zero-order chi connectivity index (χ0) is 19.3. The van der Waals surface area contributed by atoms with E-state index >= 15 is 0 Å². The summed E-state index contributed by atoms with van der Waals surface area (Å²) in [6.45, 7) is 10.7. The monoisotopic (exact) mass is 364 g/mol. The first-order valence-corrected chi connectivity index (χ1v) is 9.80. The van der Waals surface area contributed by atoms with E-state index < -0.39 is 11.0 Å². The lowest BCUT2D eigenvalue weighted by Gasteiger charge is -2.35. The fourth-order valence-electron chi connectivity index (χ4n) is 5.18. The molecule has 1 heterocycles. The molecule has 2 aliphatic carbocycles. The van der Waals surface area contributed by atoms with E-state index in [9.17, 15) is 14.4 Å². The van der Waals surface area contributed by atoms with Crippen molar-refractivity contribution in [3.63, 3.8) is 0 Å². The van der Waals surface area contributed by atoms with Gasteiger partial charge in [-0.2, -0.15) is 0 Å². The first-order chi connectivity index (χ1) is 12.0. The van der Waals surface area contributed by atoms with Crippen LogP contribution in [-0.2, 0) is 14.3 Å². The van der Waals surface area contributed by atoms with Crippen LogP contribution in [0, 0.1) is 16.7 Å². The number of nitrogens with zero attached hydrogens (tertiary/aromatic N) is 1. The average molecular weight is 364 g/mol. The van der Waals surface area contributed by atoms with E-state index in [-0.39, 0.29) is 29.2 Å². The van der Waals surface area contributed by atoms with E-state index in [1.807, 2.05) is 20.8 Å². The molecule has 1 saturated heterocycles. The van der Waals surface area contributed by atoms with Gasteiger partial charge in [0.15, 0.2) is 0 Å². The van der Waals surface area contributed by atoms with Gasteiger partial charge in [0.25, 0.3) is 0 Å². The van der Waals surface area contributed by atoms with Crippen LogP contribution in [0.3, 0.4) is 0 Å². The number of rotatable bonds is 3.